The maximum absolute atomic E-state index is 8.85. The number of thiazole rings is 1. The van der Waals surface area contributed by atoms with Gasteiger partial charge in [-0.1, -0.05) is 0 Å². The molecule has 4 heteroatoms. The Labute approximate surface area is 74.6 Å². The topological polar surface area (TPSA) is 56.9 Å². The van der Waals surface area contributed by atoms with Crippen molar-refractivity contribution < 1.29 is 5.11 Å². The summed E-state index contributed by atoms with van der Waals surface area (Å²) in [6, 6.07) is 1.69. The molecule has 1 N–H and O–H groups in total. The molecule has 0 aromatic carbocycles. The molecule has 1 atom stereocenters. The fourth-order valence-corrected chi connectivity index (χ4v) is 1.27. The molecular formula is C8H8N2OS. The number of hydrogen-bond acceptors (Lipinski definition) is 4. The highest BCUT2D eigenvalue weighted by Crippen LogP contribution is 2.09. The third-order valence-electron chi connectivity index (χ3n) is 1.22. The number of rotatable bonds is 2. The third kappa shape index (κ3) is 2.46. The van der Waals surface area contributed by atoms with Crippen molar-refractivity contribution in [2.75, 3.05) is 0 Å². The highest BCUT2D eigenvalue weighted by molar-refractivity contribution is 7.09. The minimum atomic E-state index is -1.04. The van der Waals surface area contributed by atoms with Crippen LogP contribution >= 0.6 is 11.3 Å². The van der Waals surface area contributed by atoms with E-state index < -0.39 is 6.10 Å². The lowest BCUT2D eigenvalue weighted by Gasteiger charge is -1.87. The predicted octanol–water partition coefficient (Wildman–Crippen LogP) is 1.35. The first kappa shape index (κ1) is 8.91. The Morgan fingerprint density at radius 3 is 3.08 bits per heavy atom. The van der Waals surface area contributed by atoms with Crippen molar-refractivity contribution in [3.63, 3.8) is 0 Å². The van der Waals surface area contributed by atoms with Crippen LogP contribution in [0.2, 0.25) is 0 Å². The molecule has 0 fully saturated rings. The summed E-state index contributed by atoms with van der Waals surface area (Å²) in [5.74, 6) is 0. The normalized spacial score (nSPS) is 13.1. The van der Waals surface area contributed by atoms with Crippen molar-refractivity contribution in [1.82, 2.24) is 4.98 Å². The average Bonchev–Trinajstić information content (AvgIpc) is 2.47. The molecule has 1 rings (SSSR count). The monoisotopic (exact) mass is 180 g/mol. The van der Waals surface area contributed by atoms with Gasteiger partial charge in [-0.15, -0.1) is 11.3 Å². The standard InChI is InChI=1S/C8H8N2OS/c1-6-10-7(5-12-6)2-3-8(11)4-9/h2-3,5,8,11H,1H3/b3-2+/t8-/m0/s1. The van der Waals surface area contributed by atoms with Crippen molar-refractivity contribution in [2.45, 2.75) is 13.0 Å². The molecule has 0 saturated heterocycles. The second kappa shape index (κ2) is 4.00. The van der Waals surface area contributed by atoms with Crippen LogP contribution in [0.25, 0.3) is 6.08 Å². The smallest absolute Gasteiger partial charge is 0.159 e. The predicted molar refractivity (Wildman–Crippen MR) is 47.5 cm³/mol. The van der Waals surface area contributed by atoms with Gasteiger partial charge in [0.1, 0.15) is 0 Å². The van der Waals surface area contributed by atoms with Gasteiger partial charge in [-0.2, -0.15) is 5.26 Å². The summed E-state index contributed by atoms with van der Waals surface area (Å²) in [7, 11) is 0. The van der Waals surface area contributed by atoms with E-state index in [1.54, 1.807) is 12.1 Å². The third-order valence-corrected chi connectivity index (χ3v) is 2.01. The Bertz CT molecular complexity index is 324. The quantitative estimate of drug-likeness (QED) is 0.699. The van der Waals surface area contributed by atoms with Crippen LogP contribution in [-0.4, -0.2) is 16.2 Å². The molecule has 0 saturated carbocycles. The molecule has 0 aliphatic rings. The Morgan fingerprint density at radius 1 is 1.83 bits per heavy atom. The van der Waals surface area contributed by atoms with Crippen LogP contribution in [0.4, 0.5) is 0 Å². The summed E-state index contributed by atoms with van der Waals surface area (Å²) < 4.78 is 0. The first-order chi connectivity index (χ1) is 5.72. The van der Waals surface area contributed by atoms with Gasteiger partial charge in [-0.25, -0.2) is 4.98 Å². The lowest BCUT2D eigenvalue weighted by molar-refractivity contribution is 0.279. The van der Waals surface area contributed by atoms with Crippen LogP contribution in [0.3, 0.4) is 0 Å². The number of hydrogen-bond donors (Lipinski definition) is 1. The van der Waals surface area contributed by atoms with E-state index in [0.717, 1.165) is 10.7 Å². The maximum Gasteiger partial charge on any atom is 0.159 e. The largest absolute Gasteiger partial charge is 0.374 e. The number of aryl methyl sites for hydroxylation is 1. The SMILES string of the molecule is Cc1nc(/C=C/[C@H](O)C#N)cs1. The Kier molecular flexibility index (Phi) is 2.97. The highest BCUT2D eigenvalue weighted by Gasteiger charge is 1.95. The number of nitrogens with zero attached hydrogens (tertiary/aromatic N) is 2. The molecule has 0 amide bonds. The molecule has 0 unspecified atom stereocenters. The number of nitriles is 1. The van der Waals surface area contributed by atoms with E-state index in [9.17, 15) is 0 Å². The molecule has 62 valence electrons. The molecule has 1 heterocycles. The van der Waals surface area contributed by atoms with Gasteiger partial charge < -0.3 is 5.11 Å². The lowest BCUT2D eigenvalue weighted by Crippen LogP contribution is -1.95. The number of aromatic nitrogens is 1. The fraction of sp³-hybridized carbons (Fsp3) is 0.250. The summed E-state index contributed by atoms with van der Waals surface area (Å²) in [6.45, 7) is 1.91. The van der Waals surface area contributed by atoms with Crippen LogP contribution < -0.4 is 0 Å². The van der Waals surface area contributed by atoms with Crippen LogP contribution in [0.15, 0.2) is 11.5 Å². The van der Waals surface area contributed by atoms with E-state index in [-0.39, 0.29) is 0 Å². The number of aliphatic hydroxyl groups excluding tert-OH is 1. The average molecular weight is 180 g/mol. The summed E-state index contributed by atoms with van der Waals surface area (Å²) in [4.78, 5) is 4.13. The minimum absolute atomic E-state index is 0.784. The molecule has 0 spiro atoms. The molecule has 1 aromatic rings. The molecule has 1 aromatic heterocycles. The van der Waals surface area contributed by atoms with E-state index in [1.165, 1.54) is 17.4 Å². The summed E-state index contributed by atoms with van der Waals surface area (Å²) in [5.41, 5.74) is 0.784. The minimum Gasteiger partial charge on any atom is -0.374 e. The zero-order valence-corrected chi connectivity index (χ0v) is 7.38. The Balaban J connectivity index is 2.64. The van der Waals surface area contributed by atoms with E-state index in [4.69, 9.17) is 10.4 Å². The summed E-state index contributed by atoms with van der Waals surface area (Å²) in [5, 5.41) is 19.9. The zero-order chi connectivity index (χ0) is 8.97. The van der Waals surface area contributed by atoms with Crippen molar-refractivity contribution >= 4 is 17.4 Å². The summed E-state index contributed by atoms with van der Waals surface area (Å²) in [6.07, 6.45) is 2.01. The van der Waals surface area contributed by atoms with Crippen LogP contribution in [-0.2, 0) is 0 Å². The molecular weight excluding hydrogens is 172 g/mol. The van der Waals surface area contributed by atoms with Crippen molar-refractivity contribution in [2.24, 2.45) is 0 Å². The van der Waals surface area contributed by atoms with Gasteiger partial charge >= 0.3 is 0 Å². The maximum atomic E-state index is 8.85. The van der Waals surface area contributed by atoms with Crippen molar-refractivity contribution in [3.8, 4) is 6.07 Å². The number of aliphatic hydroxyl groups is 1. The van der Waals surface area contributed by atoms with E-state index in [0.29, 0.717) is 0 Å². The Hall–Kier alpha value is -1.18. The van der Waals surface area contributed by atoms with Crippen LogP contribution in [0.1, 0.15) is 10.7 Å². The van der Waals surface area contributed by atoms with Gasteiger partial charge in [0.25, 0.3) is 0 Å². The lowest BCUT2D eigenvalue weighted by atomic mass is 10.3. The molecule has 0 bridgehead atoms. The molecule has 0 radical (unpaired) electrons. The van der Waals surface area contributed by atoms with Crippen LogP contribution in [0, 0.1) is 18.3 Å². The Morgan fingerprint density at radius 2 is 2.58 bits per heavy atom. The van der Waals surface area contributed by atoms with Gasteiger partial charge in [0, 0.05) is 5.38 Å². The van der Waals surface area contributed by atoms with E-state index >= 15 is 0 Å². The van der Waals surface area contributed by atoms with Crippen molar-refractivity contribution in [3.05, 3.63) is 22.2 Å². The van der Waals surface area contributed by atoms with E-state index in [2.05, 4.69) is 4.98 Å². The second-order valence-corrected chi connectivity index (χ2v) is 3.29. The fourth-order valence-electron chi connectivity index (χ4n) is 0.689. The summed E-state index contributed by atoms with van der Waals surface area (Å²) >= 11 is 1.54. The van der Waals surface area contributed by atoms with Crippen LogP contribution in [0.5, 0.6) is 0 Å². The first-order valence-corrected chi connectivity index (χ1v) is 4.28. The zero-order valence-electron chi connectivity index (χ0n) is 6.56. The van der Waals surface area contributed by atoms with Gasteiger partial charge in [-0.05, 0) is 19.1 Å². The van der Waals surface area contributed by atoms with Gasteiger partial charge in [-0.3, -0.25) is 0 Å². The molecule has 0 aliphatic carbocycles. The second-order valence-electron chi connectivity index (χ2n) is 2.22. The molecule has 3 nitrogen and oxygen atoms in total. The van der Waals surface area contributed by atoms with Crippen molar-refractivity contribution in [1.29, 1.82) is 5.26 Å². The highest BCUT2D eigenvalue weighted by atomic mass is 32.1. The molecule has 12 heavy (non-hydrogen) atoms. The van der Waals surface area contributed by atoms with E-state index in [1.807, 2.05) is 12.3 Å². The van der Waals surface area contributed by atoms with Gasteiger partial charge in [0.2, 0.25) is 0 Å². The first-order valence-electron chi connectivity index (χ1n) is 3.40. The van der Waals surface area contributed by atoms with Gasteiger partial charge in [0.05, 0.1) is 16.8 Å². The molecule has 0 aliphatic heterocycles. The van der Waals surface area contributed by atoms with Gasteiger partial charge in [0.15, 0.2) is 6.10 Å².